The third kappa shape index (κ3) is 1.47. The predicted molar refractivity (Wildman–Crippen MR) is 53.6 cm³/mol. The first-order valence-corrected chi connectivity index (χ1v) is 4.72. The molecule has 13 heavy (non-hydrogen) atoms. The third-order valence-electron chi connectivity index (χ3n) is 2.82. The lowest BCUT2D eigenvalue weighted by Gasteiger charge is -2.11. The van der Waals surface area contributed by atoms with Crippen LogP contribution in [-0.2, 0) is 6.42 Å². The zero-order valence-electron chi connectivity index (χ0n) is 7.90. The Hall–Kier alpha value is -0.860. The minimum absolute atomic E-state index is 0.194. The summed E-state index contributed by atoms with van der Waals surface area (Å²) in [6.07, 6.45) is 1.09. The quantitative estimate of drug-likeness (QED) is 0.675. The van der Waals surface area contributed by atoms with Gasteiger partial charge in [-0.05, 0) is 17.5 Å². The molecule has 1 aliphatic rings. The highest BCUT2D eigenvalue weighted by atomic mass is 16.5. The molecule has 2 unspecified atom stereocenters. The van der Waals surface area contributed by atoms with E-state index in [4.69, 9.17) is 5.73 Å². The molecule has 0 bridgehead atoms. The molecule has 1 aliphatic carbocycles. The molecule has 2 nitrogen and oxygen atoms in total. The highest BCUT2D eigenvalue weighted by Gasteiger charge is 2.30. The van der Waals surface area contributed by atoms with E-state index in [9.17, 15) is 0 Å². The van der Waals surface area contributed by atoms with Crippen molar-refractivity contribution in [3.63, 3.8) is 0 Å². The molecule has 1 aromatic carbocycles. The van der Waals surface area contributed by atoms with E-state index < -0.39 is 0 Å². The minimum atomic E-state index is 0.194. The lowest BCUT2D eigenvalue weighted by molar-refractivity contribution is -0.0145. The van der Waals surface area contributed by atoms with Crippen LogP contribution in [0, 0.1) is 5.92 Å². The van der Waals surface area contributed by atoms with E-state index in [0.29, 0.717) is 5.92 Å². The molecule has 0 amide bonds. The first kappa shape index (κ1) is 8.73. The van der Waals surface area contributed by atoms with Crippen LogP contribution in [0.3, 0.4) is 0 Å². The normalized spacial score (nSPS) is 26.0. The van der Waals surface area contributed by atoms with Gasteiger partial charge in [0.2, 0.25) is 0 Å². The third-order valence-corrected chi connectivity index (χ3v) is 2.82. The summed E-state index contributed by atoms with van der Waals surface area (Å²) < 4.78 is 4.17. The second-order valence-electron chi connectivity index (χ2n) is 3.69. The predicted octanol–water partition coefficient (Wildman–Crippen LogP) is 1.02. The Labute approximate surface area is 78.7 Å². The second kappa shape index (κ2) is 3.48. The zero-order valence-corrected chi connectivity index (χ0v) is 7.90. The van der Waals surface area contributed by atoms with Gasteiger partial charge < -0.3 is 10.5 Å². The molecule has 0 saturated carbocycles. The number of benzene rings is 1. The summed E-state index contributed by atoms with van der Waals surface area (Å²) in [5, 5.41) is 0. The number of hydrogen-bond donors (Lipinski definition) is 1. The highest BCUT2D eigenvalue weighted by Crippen LogP contribution is 2.33. The van der Waals surface area contributed by atoms with Crippen molar-refractivity contribution in [2.75, 3.05) is 13.7 Å². The Morgan fingerprint density at radius 2 is 2.23 bits per heavy atom. The fourth-order valence-electron chi connectivity index (χ4n) is 2.12. The van der Waals surface area contributed by atoms with E-state index in [1.807, 2.05) is 7.11 Å². The largest absolute Gasteiger partial charge is 0.436 e. The maximum absolute atomic E-state index is 6.12. The van der Waals surface area contributed by atoms with Crippen LogP contribution in [0.2, 0.25) is 0 Å². The standard InChI is InChI=1S/C11H15NO/c1-13-7-9-6-8-4-2-3-5-10(8)11(9)12/h2-5,9,11H,6-7,12H2,1H3/p+1. The molecule has 2 atom stereocenters. The summed E-state index contributed by atoms with van der Waals surface area (Å²) in [5.41, 5.74) is 8.84. The van der Waals surface area contributed by atoms with Crippen LogP contribution in [0.5, 0.6) is 0 Å². The van der Waals surface area contributed by atoms with Gasteiger partial charge in [-0.1, -0.05) is 24.3 Å². The molecule has 0 fully saturated rings. The molecule has 0 radical (unpaired) electrons. The van der Waals surface area contributed by atoms with Crippen molar-refractivity contribution in [2.45, 2.75) is 12.5 Å². The number of aliphatic hydroxyl groups is 2. The smallest absolute Gasteiger partial charge is 0.149 e. The van der Waals surface area contributed by atoms with Gasteiger partial charge in [0.25, 0.3) is 0 Å². The van der Waals surface area contributed by atoms with E-state index in [1.165, 1.54) is 11.1 Å². The Morgan fingerprint density at radius 1 is 1.46 bits per heavy atom. The summed E-state index contributed by atoms with van der Waals surface area (Å²) >= 11 is 0. The van der Waals surface area contributed by atoms with Crippen LogP contribution in [0.4, 0.5) is 0 Å². The summed E-state index contributed by atoms with van der Waals surface area (Å²) in [6.45, 7) is 0.885. The van der Waals surface area contributed by atoms with Gasteiger partial charge in [-0.15, -0.1) is 0 Å². The molecule has 2 rings (SSSR count). The van der Waals surface area contributed by atoms with Crippen molar-refractivity contribution in [1.29, 1.82) is 0 Å². The van der Waals surface area contributed by atoms with Crippen molar-refractivity contribution in [1.82, 2.24) is 0 Å². The summed E-state index contributed by atoms with van der Waals surface area (Å²) in [5.74, 6) is 0.516. The highest BCUT2D eigenvalue weighted by molar-refractivity contribution is 5.35. The van der Waals surface area contributed by atoms with Crippen molar-refractivity contribution in [3.8, 4) is 0 Å². The van der Waals surface area contributed by atoms with Gasteiger partial charge in [0.1, 0.15) is 13.7 Å². The average Bonchev–Trinajstić information content (AvgIpc) is 2.46. The minimum Gasteiger partial charge on any atom is -0.436 e. The molecule has 3 N–H and O–H groups in total. The maximum atomic E-state index is 6.12. The SMILES string of the molecule is C[OH+]CC1Cc2ccccc2C1N. The van der Waals surface area contributed by atoms with Crippen molar-refractivity contribution in [3.05, 3.63) is 35.4 Å². The lowest BCUT2D eigenvalue weighted by atomic mass is 10.0. The van der Waals surface area contributed by atoms with Crippen LogP contribution < -0.4 is 5.73 Å². The van der Waals surface area contributed by atoms with Crippen LogP contribution in [0.1, 0.15) is 17.2 Å². The maximum Gasteiger partial charge on any atom is 0.149 e. The fraction of sp³-hybridized carbons (Fsp3) is 0.455. The van der Waals surface area contributed by atoms with Crippen molar-refractivity contribution in [2.24, 2.45) is 11.7 Å². The second-order valence-corrected chi connectivity index (χ2v) is 3.69. The number of ether oxygens (including phenoxy) is 1. The topological polar surface area (TPSA) is 38.8 Å². The van der Waals surface area contributed by atoms with E-state index in [-0.39, 0.29) is 6.04 Å². The molecule has 0 aliphatic heterocycles. The Bertz CT molecular complexity index is 298. The van der Waals surface area contributed by atoms with Gasteiger partial charge in [0.15, 0.2) is 0 Å². The summed E-state index contributed by atoms with van der Waals surface area (Å²) in [7, 11) is 1.86. The van der Waals surface area contributed by atoms with Gasteiger partial charge in [-0.3, -0.25) is 0 Å². The van der Waals surface area contributed by atoms with Crippen LogP contribution in [-0.4, -0.2) is 18.5 Å². The van der Waals surface area contributed by atoms with E-state index >= 15 is 0 Å². The lowest BCUT2D eigenvalue weighted by Crippen LogP contribution is -2.22. The number of fused-ring (bicyclic) bond motifs is 1. The van der Waals surface area contributed by atoms with Crippen LogP contribution >= 0.6 is 0 Å². The van der Waals surface area contributed by atoms with Crippen LogP contribution in [0.25, 0.3) is 0 Å². The molecule has 1 aromatic rings. The molecule has 0 saturated heterocycles. The number of nitrogens with two attached hydrogens (primary N) is 1. The molecule has 2 heteroatoms. The van der Waals surface area contributed by atoms with E-state index in [2.05, 4.69) is 29.0 Å². The molecule has 0 heterocycles. The van der Waals surface area contributed by atoms with Gasteiger partial charge in [-0.25, -0.2) is 0 Å². The van der Waals surface area contributed by atoms with E-state index in [1.54, 1.807) is 0 Å². The first-order chi connectivity index (χ1) is 6.33. The average molecular weight is 178 g/mol. The number of rotatable bonds is 2. The Balaban J connectivity index is 2.22. The van der Waals surface area contributed by atoms with Gasteiger partial charge in [-0.2, -0.15) is 0 Å². The van der Waals surface area contributed by atoms with Crippen molar-refractivity contribution < 1.29 is 4.74 Å². The van der Waals surface area contributed by atoms with Gasteiger partial charge >= 0.3 is 0 Å². The van der Waals surface area contributed by atoms with E-state index in [0.717, 1.165) is 13.0 Å². The fourth-order valence-corrected chi connectivity index (χ4v) is 2.12. The monoisotopic (exact) mass is 178 g/mol. The Kier molecular flexibility index (Phi) is 2.34. The first-order valence-electron chi connectivity index (χ1n) is 4.72. The van der Waals surface area contributed by atoms with Crippen molar-refractivity contribution >= 4 is 0 Å². The number of hydrogen-bond acceptors (Lipinski definition) is 1. The summed E-state index contributed by atoms with van der Waals surface area (Å²) in [4.78, 5) is 0. The van der Waals surface area contributed by atoms with Gasteiger partial charge in [0.05, 0.1) is 5.92 Å². The molecular weight excluding hydrogens is 162 g/mol. The molecule has 70 valence electrons. The van der Waals surface area contributed by atoms with Gasteiger partial charge in [0, 0.05) is 6.04 Å². The zero-order chi connectivity index (χ0) is 9.26. The van der Waals surface area contributed by atoms with Crippen LogP contribution in [0.15, 0.2) is 24.3 Å². The molecular formula is C11H16NO+. The summed E-state index contributed by atoms with van der Waals surface area (Å²) in [6, 6.07) is 8.64. The molecule has 0 aromatic heterocycles. The molecule has 0 spiro atoms. The Morgan fingerprint density at radius 3 is 2.92 bits per heavy atom.